The largest absolute Gasteiger partial charge is 0.354 e. The zero-order valence-electron chi connectivity index (χ0n) is 13.8. The average molecular weight is 379 g/mol. The molecule has 0 saturated carbocycles. The highest BCUT2D eigenvalue weighted by Crippen LogP contribution is 2.28. The first-order valence-corrected chi connectivity index (χ1v) is 9.59. The van der Waals surface area contributed by atoms with Crippen LogP contribution in [-0.2, 0) is 14.6 Å². The number of halogens is 2. The van der Waals surface area contributed by atoms with Gasteiger partial charge in [0.1, 0.15) is 5.82 Å². The van der Waals surface area contributed by atoms with Gasteiger partial charge in [0, 0.05) is 12.8 Å². The number of hydrogen-bond acceptors (Lipinski definition) is 4. The van der Waals surface area contributed by atoms with Crippen molar-refractivity contribution in [3.8, 4) is 0 Å². The van der Waals surface area contributed by atoms with Crippen LogP contribution in [0.4, 0.5) is 4.39 Å². The van der Waals surface area contributed by atoms with Crippen LogP contribution in [0.5, 0.6) is 0 Å². The molecule has 2 N–H and O–H groups in total. The molecule has 1 aromatic rings. The molecule has 0 bridgehead atoms. The third-order valence-corrected chi connectivity index (χ3v) is 6.56. The van der Waals surface area contributed by atoms with Gasteiger partial charge in [-0.25, -0.2) is 12.8 Å². The summed E-state index contributed by atoms with van der Waals surface area (Å²) in [7, 11) is -3.51. The number of rotatable bonds is 5. The summed E-state index contributed by atoms with van der Waals surface area (Å²) < 4.78 is 35.9. The molecule has 1 aromatic carbocycles. The lowest BCUT2D eigenvalue weighted by atomic mass is 9.95. The lowest BCUT2D eigenvalue weighted by molar-refractivity contribution is -0.124. The number of benzene rings is 1. The third-order valence-electron chi connectivity index (χ3n) is 4.54. The predicted molar refractivity (Wildman–Crippen MR) is 94.8 cm³/mol. The first-order chi connectivity index (χ1) is 10.8. The molecule has 1 amide bonds. The van der Waals surface area contributed by atoms with E-state index in [-0.39, 0.29) is 37.0 Å². The summed E-state index contributed by atoms with van der Waals surface area (Å²) in [6.45, 7) is 3.24. The van der Waals surface area contributed by atoms with Crippen LogP contribution in [-0.4, -0.2) is 45.0 Å². The highest BCUT2D eigenvalue weighted by molar-refractivity contribution is 7.92. The molecule has 24 heavy (non-hydrogen) atoms. The molecule has 0 aromatic heterocycles. The van der Waals surface area contributed by atoms with E-state index in [1.54, 1.807) is 12.1 Å². The smallest absolute Gasteiger partial charge is 0.241 e. The average Bonchev–Trinajstić information content (AvgIpc) is 2.52. The Morgan fingerprint density at radius 1 is 1.29 bits per heavy atom. The van der Waals surface area contributed by atoms with Gasteiger partial charge in [0.15, 0.2) is 14.6 Å². The quantitative estimate of drug-likeness (QED) is 0.816. The van der Waals surface area contributed by atoms with Crippen LogP contribution >= 0.6 is 12.4 Å². The fourth-order valence-electron chi connectivity index (χ4n) is 2.91. The summed E-state index contributed by atoms with van der Waals surface area (Å²) in [5.74, 6) is -0.774. The van der Waals surface area contributed by atoms with E-state index in [0.29, 0.717) is 19.6 Å². The summed E-state index contributed by atoms with van der Waals surface area (Å²) in [5, 5.41) is 5.86. The van der Waals surface area contributed by atoms with Crippen LogP contribution in [0.15, 0.2) is 24.3 Å². The second-order valence-corrected chi connectivity index (χ2v) is 8.50. The maximum absolute atomic E-state index is 12.9. The summed E-state index contributed by atoms with van der Waals surface area (Å²) in [6.07, 6.45) is 1.69. The van der Waals surface area contributed by atoms with E-state index >= 15 is 0 Å². The second kappa shape index (κ2) is 8.27. The van der Waals surface area contributed by atoms with Crippen molar-refractivity contribution in [2.75, 3.05) is 25.9 Å². The Balaban J connectivity index is 0.00000288. The van der Waals surface area contributed by atoms with E-state index in [1.165, 1.54) is 12.1 Å². The molecule has 1 saturated heterocycles. The number of hydrogen-bond donors (Lipinski definition) is 2. The maximum atomic E-state index is 12.9. The van der Waals surface area contributed by atoms with Gasteiger partial charge in [-0.2, -0.15) is 0 Å². The first-order valence-electron chi connectivity index (χ1n) is 7.70. The van der Waals surface area contributed by atoms with Gasteiger partial charge in [-0.05, 0) is 49.5 Å². The van der Waals surface area contributed by atoms with Gasteiger partial charge in [0.25, 0.3) is 0 Å². The van der Waals surface area contributed by atoms with Gasteiger partial charge in [-0.1, -0.05) is 19.1 Å². The highest BCUT2D eigenvalue weighted by atomic mass is 35.5. The van der Waals surface area contributed by atoms with Crippen LogP contribution < -0.4 is 10.6 Å². The molecular formula is C16H24ClFN2O3S. The van der Waals surface area contributed by atoms with Crippen molar-refractivity contribution in [3.05, 3.63) is 35.6 Å². The van der Waals surface area contributed by atoms with Crippen LogP contribution in [0.25, 0.3) is 0 Å². The Kier molecular flexibility index (Phi) is 7.19. The summed E-state index contributed by atoms with van der Waals surface area (Å²) in [6, 6.07) is 6.09. The van der Waals surface area contributed by atoms with Crippen molar-refractivity contribution in [2.24, 2.45) is 0 Å². The van der Waals surface area contributed by atoms with Gasteiger partial charge in [-0.3, -0.25) is 4.79 Å². The maximum Gasteiger partial charge on any atom is 0.241 e. The van der Waals surface area contributed by atoms with Crippen molar-refractivity contribution in [1.29, 1.82) is 0 Å². The lowest BCUT2D eigenvalue weighted by Crippen LogP contribution is -2.57. The molecule has 0 spiro atoms. The van der Waals surface area contributed by atoms with Gasteiger partial charge < -0.3 is 10.6 Å². The molecule has 0 aliphatic carbocycles. The van der Waals surface area contributed by atoms with Crippen molar-refractivity contribution in [3.63, 3.8) is 0 Å². The number of nitrogens with one attached hydrogen (secondary N) is 2. The number of amides is 1. The van der Waals surface area contributed by atoms with Gasteiger partial charge in [0.2, 0.25) is 5.91 Å². The highest BCUT2D eigenvalue weighted by Gasteiger charge is 2.48. The van der Waals surface area contributed by atoms with E-state index in [4.69, 9.17) is 0 Å². The minimum atomic E-state index is -3.51. The van der Waals surface area contributed by atoms with Crippen molar-refractivity contribution in [1.82, 2.24) is 10.6 Å². The molecule has 1 unspecified atom stereocenters. The molecule has 0 radical (unpaired) electrons. The Bertz CT molecular complexity index is 658. The minimum absolute atomic E-state index is 0. The molecule has 136 valence electrons. The molecule has 1 heterocycles. The topological polar surface area (TPSA) is 75.3 Å². The molecular weight excluding hydrogens is 355 g/mol. The molecule has 8 heteroatoms. The van der Waals surface area contributed by atoms with Crippen molar-refractivity contribution >= 4 is 28.2 Å². The Labute approximate surface area is 148 Å². The second-order valence-electron chi connectivity index (χ2n) is 6.18. The van der Waals surface area contributed by atoms with E-state index in [1.807, 2.05) is 6.92 Å². The van der Waals surface area contributed by atoms with Crippen LogP contribution in [0.2, 0.25) is 0 Å². The van der Waals surface area contributed by atoms with E-state index in [0.717, 1.165) is 11.8 Å². The molecule has 5 nitrogen and oxygen atoms in total. The Morgan fingerprint density at radius 2 is 1.83 bits per heavy atom. The van der Waals surface area contributed by atoms with Gasteiger partial charge >= 0.3 is 0 Å². The fraction of sp³-hybridized carbons (Fsp3) is 0.562. The van der Waals surface area contributed by atoms with E-state index in [9.17, 15) is 17.6 Å². The van der Waals surface area contributed by atoms with Crippen molar-refractivity contribution < 1.29 is 17.6 Å². The zero-order chi connectivity index (χ0) is 17.1. The third kappa shape index (κ3) is 4.46. The number of carbonyl (C=O) groups is 1. The standard InChI is InChI=1S/C16H23FN2O3S.ClH/c1-12(13-3-5-14(17)6-4-13)11-19-15(20)16(23(2,21)22)7-9-18-10-8-16;/h3-6,12,18H,7-11H2,1-2H3,(H,19,20);1H. The van der Waals surface area contributed by atoms with Gasteiger partial charge in [0.05, 0.1) is 0 Å². The van der Waals surface area contributed by atoms with Crippen LogP contribution in [0.3, 0.4) is 0 Å². The number of carbonyl (C=O) groups excluding carboxylic acids is 1. The Hall–Kier alpha value is -1.18. The first kappa shape index (κ1) is 20.9. The normalized spacial score (nSPS) is 18.3. The SMILES string of the molecule is CC(CNC(=O)C1(S(C)(=O)=O)CCNCC1)c1ccc(F)cc1.Cl. The van der Waals surface area contributed by atoms with Gasteiger partial charge in [-0.15, -0.1) is 12.4 Å². The number of sulfone groups is 1. The Morgan fingerprint density at radius 3 is 2.33 bits per heavy atom. The fourth-order valence-corrected chi connectivity index (χ4v) is 4.27. The summed E-state index contributed by atoms with van der Waals surface area (Å²) in [4.78, 5) is 12.6. The van der Waals surface area contributed by atoms with Crippen LogP contribution in [0.1, 0.15) is 31.2 Å². The molecule has 1 fully saturated rings. The zero-order valence-corrected chi connectivity index (χ0v) is 15.5. The van der Waals surface area contributed by atoms with Crippen molar-refractivity contribution in [2.45, 2.75) is 30.4 Å². The predicted octanol–water partition coefficient (Wildman–Crippen LogP) is 1.63. The monoisotopic (exact) mass is 378 g/mol. The molecule has 1 aliphatic heterocycles. The van der Waals surface area contributed by atoms with Crippen LogP contribution in [0, 0.1) is 5.82 Å². The summed E-state index contributed by atoms with van der Waals surface area (Å²) >= 11 is 0. The van der Waals surface area contributed by atoms with E-state index in [2.05, 4.69) is 10.6 Å². The molecule has 1 aliphatic rings. The van der Waals surface area contributed by atoms with E-state index < -0.39 is 20.5 Å². The number of piperidine rings is 1. The molecule has 1 atom stereocenters. The lowest BCUT2D eigenvalue weighted by Gasteiger charge is -2.34. The summed E-state index contributed by atoms with van der Waals surface area (Å²) in [5.41, 5.74) is 0.894. The minimum Gasteiger partial charge on any atom is -0.354 e. The molecule has 2 rings (SSSR count).